The monoisotopic (exact) mass is 242 g/mol. The Balaban J connectivity index is 2.93. The van der Waals surface area contributed by atoms with E-state index >= 15 is 0 Å². The molecule has 4 heteroatoms. The maximum Gasteiger partial charge on any atom is 0.304 e. The average molecular weight is 242 g/mol. The van der Waals surface area contributed by atoms with Crippen molar-refractivity contribution in [2.45, 2.75) is 58.2 Å². The number of carbonyl (C=O) groups is 1. The van der Waals surface area contributed by atoms with Gasteiger partial charge in [0.05, 0.1) is 6.42 Å². The Morgan fingerprint density at radius 2 is 2.00 bits per heavy atom. The van der Waals surface area contributed by atoms with Gasteiger partial charge in [0.2, 0.25) is 0 Å². The molecule has 4 nitrogen and oxygen atoms in total. The first-order chi connectivity index (χ1) is 7.71. The summed E-state index contributed by atoms with van der Waals surface area (Å²) >= 11 is 0. The number of aliphatic carboxylic acids is 1. The predicted octanol–water partition coefficient (Wildman–Crippen LogP) is 1.65. The first kappa shape index (κ1) is 14.5. The summed E-state index contributed by atoms with van der Waals surface area (Å²) < 4.78 is 0. The third-order valence-corrected chi connectivity index (χ3v) is 3.50. The van der Waals surface area contributed by atoms with E-state index in [2.05, 4.69) is 44.5 Å². The second kappa shape index (κ2) is 5.36. The first-order valence-electron chi connectivity index (χ1n) is 6.40. The zero-order valence-corrected chi connectivity index (χ0v) is 11.7. The number of carboxylic acids is 1. The zero-order valence-electron chi connectivity index (χ0n) is 11.7. The van der Waals surface area contributed by atoms with Gasteiger partial charge >= 0.3 is 5.97 Å². The van der Waals surface area contributed by atoms with Gasteiger partial charge in [-0.25, -0.2) is 0 Å². The molecule has 0 aliphatic carbocycles. The van der Waals surface area contributed by atoms with E-state index in [1.165, 1.54) is 0 Å². The minimum Gasteiger partial charge on any atom is -0.481 e. The van der Waals surface area contributed by atoms with Gasteiger partial charge < -0.3 is 10.0 Å². The molecule has 2 unspecified atom stereocenters. The highest BCUT2D eigenvalue weighted by Gasteiger charge is 2.36. The van der Waals surface area contributed by atoms with Gasteiger partial charge in [-0.05, 0) is 47.7 Å². The molecule has 0 spiro atoms. The number of hydrogen-bond donors (Lipinski definition) is 1. The molecule has 100 valence electrons. The highest BCUT2D eigenvalue weighted by atomic mass is 16.4. The fourth-order valence-corrected chi connectivity index (χ4v) is 3.02. The van der Waals surface area contributed by atoms with E-state index < -0.39 is 5.97 Å². The van der Waals surface area contributed by atoms with Crippen LogP contribution in [0.1, 0.15) is 40.5 Å². The Hall–Kier alpha value is -0.610. The van der Waals surface area contributed by atoms with Crippen LogP contribution in [0.15, 0.2) is 0 Å². The zero-order chi connectivity index (χ0) is 13.2. The van der Waals surface area contributed by atoms with E-state index in [1.54, 1.807) is 0 Å². The van der Waals surface area contributed by atoms with Crippen molar-refractivity contribution in [3.05, 3.63) is 0 Å². The van der Waals surface area contributed by atoms with Crippen LogP contribution in [0, 0.1) is 0 Å². The lowest BCUT2D eigenvalue weighted by Crippen LogP contribution is -2.54. The molecular formula is C13H26N2O2. The van der Waals surface area contributed by atoms with E-state index in [9.17, 15) is 4.79 Å². The summed E-state index contributed by atoms with van der Waals surface area (Å²) in [6, 6.07) is 0.541. The Kier molecular flexibility index (Phi) is 4.55. The standard InChI is InChI=1S/C13H26N2O2/c1-10-6-7-14(5)9-11(8-12(16)17)15(10)13(2,3)4/h10-11H,6-9H2,1-5H3,(H,16,17). The van der Waals surface area contributed by atoms with E-state index in [0.717, 1.165) is 19.5 Å². The van der Waals surface area contributed by atoms with Crippen molar-refractivity contribution < 1.29 is 9.90 Å². The lowest BCUT2D eigenvalue weighted by molar-refractivity contribution is -0.139. The Bertz CT molecular complexity index is 273. The van der Waals surface area contributed by atoms with Crippen LogP contribution in [0.2, 0.25) is 0 Å². The lowest BCUT2D eigenvalue weighted by Gasteiger charge is -2.44. The summed E-state index contributed by atoms with van der Waals surface area (Å²) in [6.07, 6.45) is 1.33. The highest BCUT2D eigenvalue weighted by Crippen LogP contribution is 2.26. The maximum atomic E-state index is 11.0. The van der Waals surface area contributed by atoms with Crippen LogP contribution >= 0.6 is 0 Å². The van der Waals surface area contributed by atoms with Crippen LogP contribution in [0.25, 0.3) is 0 Å². The average Bonchev–Trinajstić information content (AvgIpc) is 2.23. The Morgan fingerprint density at radius 3 is 2.47 bits per heavy atom. The third kappa shape index (κ3) is 3.96. The summed E-state index contributed by atoms with van der Waals surface area (Å²) in [5.74, 6) is -0.702. The van der Waals surface area contributed by atoms with Crippen molar-refractivity contribution in [3.63, 3.8) is 0 Å². The predicted molar refractivity (Wildman–Crippen MR) is 69.2 cm³/mol. The summed E-state index contributed by atoms with van der Waals surface area (Å²) in [6.45, 7) is 10.6. The second-order valence-corrected chi connectivity index (χ2v) is 6.23. The fraction of sp³-hybridized carbons (Fsp3) is 0.923. The SMILES string of the molecule is CC1CCN(C)CC(CC(=O)O)N1C(C)(C)C. The van der Waals surface area contributed by atoms with Crippen LogP contribution < -0.4 is 0 Å². The fourth-order valence-electron chi connectivity index (χ4n) is 3.02. The largest absolute Gasteiger partial charge is 0.481 e. The van der Waals surface area contributed by atoms with E-state index in [0.29, 0.717) is 6.04 Å². The van der Waals surface area contributed by atoms with E-state index in [-0.39, 0.29) is 18.0 Å². The normalized spacial score (nSPS) is 29.0. The second-order valence-electron chi connectivity index (χ2n) is 6.23. The molecule has 0 saturated carbocycles. The quantitative estimate of drug-likeness (QED) is 0.799. The molecule has 1 saturated heterocycles. The molecule has 17 heavy (non-hydrogen) atoms. The highest BCUT2D eigenvalue weighted by molar-refractivity contribution is 5.67. The summed E-state index contributed by atoms with van der Waals surface area (Å²) in [4.78, 5) is 15.6. The third-order valence-electron chi connectivity index (χ3n) is 3.50. The molecule has 1 fully saturated rings. The molecule has 0 aromatic rings. The molecule has 1 aliphatic rings. The van der Waals surface area contributed by atoms with Gasteiger partial charge in [0.15, 0.2) is 0 Å². The molecule has 0 radical (unpaired) electrons. The van der Waals surface area contributed by atoms with Crippen LogP contribution in [-0.2, 0) is 4.79 Å². The van der Waals surface area contributed by atoms with Crippen molar-refractivity contribution in [2.75, 3.05) is 20.1 Å². The number of rotatable bonds is 2. The van der Waals surface area contributed by atoms with Crippen molar-refractivity contribution in [1.29, 1.82) is 0 Å². The number of likely N-dealkylation sites (N-methyl/N-ethyl adjacent to an activating group) is 1. The molecule has 1 rings (SSSR count). The van der Waals surface area contributed by atoms with E-state index in [4.69, 9.17) is 5.11 Å². The van der Waals surface area contributed by atoms with Gasteiger partial charge in [-0.2, -0.15) is 0 Å². The Labute approximate surface area is 105 Å². The smallest absolute Gasteiger partial charge is 0.304 e. The molecule has 0 amide bonds. The summed E-state index contributed by atoms with van der Waals surface area (Å²) in [7, 11) is 2.08. The number of nitrogens with zero attached hydrogens (tertiary/aromatic N) is 2. The van der Waals surface area contributed by atoms with Gasteiger partial charge in [0.25, 0.3) is 0 Å². The van der Waals surface area contributed by atoms with Gasteiger partial charge in [0, 0.05) is 24.2 Å². The molecule has 2 atom stereocenters. The molecule has 0 aromatic heterocycles. The van der Waals surface area contributed by atoms with Crippen molar-refractivity contribution >= 4 is 5.97 Å². The minimum atomic E-state index is -0.702. The van der Waals surface area contributed by atoms with Gasteiger partial charge in [-0.3, -0.25) is 9.69 Å². The van der Waals surface area contributed by atoms with Crippen LogP contribution in [0.5, 0.6) is 0 Å². The summed E-state index contributed by atoms with van der Waals surface area (Å²) in [5.41, 5.74) is 0.0186. The number of carboxylic acid groups (broad SMARTS) is 1. The van der Waals surface area contributed by atoms with Crippen LogP contribution in [0.3, 0.4) is 0 Å². The first-order valence-corrected chi connectivity index (χ1v) is 6.40. The van der Waals surface area contributed by atoms with E-state index in [1.807, 2.05) is 0 Å². The molecule has 0 bridgehead atoms. The van der Waals surface area contributed by atoms with Crippen LogP contribution in [-0.4, -0.2) is 58.6 Å². The van der Waals surface area contributed by atoms with Crippen molar-refractivity contribution in [3.8, 4) is 0 Å². The number of hydrogen-bond acceptors (Lipinski definition) is 3. The van der Waals surface area contributed by atoms with Gasteiger partial charge in [0.1, 0.15) is 0 Å². The lowest BCUT2D eigenvalue weighted by atomic mass is 9.97. The van der Waals surface area contributed by atoms with Crippen LogP contribution in [0.4, 0.5) is 0 Å². The Morgan fingerprint density at radius 1 is 1.41 bits per heavy atom. The van der Waals surface area contributed by atoms with Crippen molar-refractivity contribution in [1.82, 2.24) is 9.80 Å². The maximum absolute atomic E-state index is 11.0. The van der Waals surface area contributed by atoms with Gasteiger partial charge in [-0.15, -0.1) is 0 Å². The summed E-state index contributed by atoms with van der Waals surface area (Å²) in [5, 5.41) is 9.07. The molecule has 1 aliphatic heterocycles. The molecule has 1 heterocycles. The minimum absolute atomic E-state index is 0.0186. The van der Waals surface area contributed by atoms with Gasteiger partial charge in [-0.1, -0.05) is 0 Å². The molecular weight excluding hydrogens is 216 g/mol. The molecule has 0 aromatic carbocycles. The molecule has 1 N–H and O–H groups in total. The van der Waals surface area contributed by atoms with Crippen molar-refractivity contribution in [2.24, 2.45) is 0 Å². The topological polar surface area (TPSA) is 43.8 Å².